The van der Waals surface area contributed by atoms with E-state index < -0.39 is 0 Å². The van der Waals surface area contributed by atoms with E-state index in [0.717, 1.165) is 33.4 Å². The van der Waals surface area contributed by atoms with Crippen LogP contribution in [0, 0.1) is 0 Å². The lowest BCUT2D eigenvalue weighted by Crippen LogP contribution is -2.12. The maximum Gasteiger partial charge on any atom is 0.143 e. The molecule has 1 nitrogen and oxygen atoms in total. The number of rotatable bonds is 5. The van der Waals surface area contributed by atoms with Crippen molar-refractivity contribution in [1.29, 1.82) is 0 Å². The summed E-state index contributed by atoms with van der Waals surface area (Å²) >= 11 is 0. The maximum atomic E-state index is 7.03. The van der Waals surface area contributed by atoms with Crippen molar-refractivity contribution in [1.82, 2.24) is 0 Å². The Morgan fingerprint density at radius 3 is 1.28 bits per heavy atom. The molecule has 0 unspecified atom stereocenters. The standard InChI is InChI=1S/C42H34O/c1-42(2,3)34-27-37(31-17-9-5-10-18-31)39(38(28-34)32-19-11-6-12-20-32)41-36-22-14-13-21-35(36)40(43-41)33-25-23-30(24-26-33)29-15-7-4-8-16-29/h4-28H,1-3H3. The Labute approximate surface area is 254 Å². The molecule has 0 radical (unpaired) electrons. The van der Waals surface area contributed by atoms with Crippen molar-refractivity contribution in [3.63, 3.8) is 0 Å². The van der Waals surface area contributed by atoms with Gasteiger partial charge >= 0.3 is 0 Å². The van der Waals surface area contributed by atoms with Crippen molar-refractivity contribution in [3.05, 3.63) is 157 Å². The first kappa shape index (κ1) is 26.7. The minimum Gasteiger partial charge on any atom is -0.455 e. The Balaban J connectivity index is 1.51. The van der Waals surface area contributed by atoms with Gasteiger partial charge in [-0.25, -0.2) is 0 Å². The molecular weight excluding hydrogens is 520 g/mol. The van der Waals surface area contributed by atoms with Crippen LogP contribution >= 0.6 is 0 Å². The van der Waals surface area contributed by atoms with E-state index in [1.165, 1.54) is 38.9 Å². The number of hydrogen-bond acceptors (Lipinski definition) is 1. The van der Waals surface area contributed by atoms with E-state index in [1.807, 2.05) is 0 Å². The summed E-state index contributed by atoms with van der Waals surface area (Å²) in [6, 6.07) is 54.0. The Bertz CT molecular complexity index is 1950. The van der Waals surface area contributed by atoms with Gasteiger partial charge in [0.05, 0.1) is 0 Å². The van der Waals surface area contributed by atoms with Gasteiger partial charge in [-0.15, -0.1) is 0 Å². The minimum absolute atomic E-state index is 0.0253. The Kier molecular flexibility index (Phi) is 6.80. The SMILES string of the molecule is CC(C)(C)c1cc(-c2ccccc2)c(-c2oc(-c3ccc(-c4ccccc4)cc3)c3ccccc23)c(-c2ccccc2)c1. The van der Waals surface area contributed by atoms with Crippen molar-refractivity contribution >= 4 is 10.8 Å². The second-order valence-electron chi connectivity index (χ2n) is 12.2. The number of fused-ring (bicyclic) bond motifs is 1. The van der Waals surface area contributed by atoms with E-state index in [0.29, 0.717) is 0 Å². The molecule has 0 fully saturated rings. The zero-order valence-corrected chi connectivity index (χ0v) is 24.8. The van der Waals surface area contributed by atoms with Crippen LogP contribution in [-0.4, -0.2) is 0 Å². The molecule has 0 saturated heterocycles. The van der Waals surface area contributed by atoms with Gasteiger partial charge in [-0.1, -0.05) is 160 Å². The van der Waals surface area contributed by atoms with Crippen LogP contribution in [0.25, 0.3) is 66.8 Å². The van der Waals surface area contributed by atoms with Gasteiger partial charge in [0.1, 0.15) is 11.5 Å². The lowest BCUT2D eigenvalue weighted by molar-refractivity contribution is 0.589. The maximum absolute atomic E-state index is 7.03. The van der Waals surface area contributed by atoms with Gasteiger partial charge in [-0.3, -0.25) is 0 Å². The highest BCUT2D eigenvalue weighted by Gasteiger charge is 2.26. The van der Waals surface area contributed by atoms with E-state index in [-0.39, 0.29) is 5.41 Å². The summed E-state index contributed by atoms with van der Waals surface area (Å²) in [5, 5.41) is 2.23. The van der Waals surface area contributed by atoms with Gasteiger partial charge in [-0.2, -0.15) is 0 Å². The molecule has 208 valence electrons. The minimum atomic E-state index is -0.0253. The highest BCUT2D eigenvalue weighted by atomic mass is 16.3. The van der Waals surface area contributed by atoms with Gasteiger partial charge in [0.2, 0.25) is 0 Å². The first-order valence-corrected chi connectivity index (χ1v) is 14.9. The largest absolute Gasteiger partial charge is 0.455 e. The third-order valence-corrected chi connectivity index (χ3v) is 8.28. The Morgan fingerprint density at radius 2 is 0.791 bits per heavy atom. The molecule has 0 amide bonds. The summed E-state index contributed by atoms with van der Waals surface area (Å²) < 4.78 is 7.03. The van der Waals surface area contributed by atoms with Crippen LogP contribution in [0.1, 0.15) is 26.3 Å². The van der Waals surface area contributed by atoms with Crippen molar-refractivity contribution in [2.24, 2.45) is 0 Å². The smallest absolute Gasteiger partial charge is 0.143 e. The fraction of sp³-hybridized carbons (Fsp3) is 0.0952. The molecule has 0 aliphatic carbocycles. The number of benzene rings is 6. The molecule has 0 bridgehead atoms. The fourth-order valence-corrected chi connectivity index (χ4v) is 5.95. The number of hydrogen-bond donors (Lipinski definition) is 0. The van der Waals surface area contributed by atoms with Crippen LogP contribution in [0.15, 0.2) is 156 Å². The summed E-state index contributed by atoms with van der Waals surface area (Å²) in [7, 11) is 0. The van der Waals surface area contributed by atoms with Gasteiger partial charge in [0.25, 0.3) is 0 Å². The monoisotopic (exact) mass is 554 g/mol. The third kappa shape index (κ3) is 5.08. The molecule has 1 aromatic heterocycles. The van der Waals surface area contributed by atoms with Gasteiger partial charge in [0.15, 0.2) is 0 Å². The second-order valence-corrected chi connectivity index (χ2v) is 12.2. The van der Waals surface area contributed by atoms with Crippen LogP contribution in [0.5, 0.6) is 0 Å². The highest BCUT2D eigenvalue weighted by molar-refractivity contribution is 6.08. The van der Waals surface area contributed by atoms with Crippen molar-refractivity contribution < 1.29 is 4.42 Å². The van der Waals surface area contributed by atoms with E-state index in [9.17, 15) is 0 Å². The highest BCUT2D eigenvalue weighted by Crippen LogP contribution is 2.48. The second kappa shape index (κ2) is 10.9. The molecule has 7 aromatic rings. The zero-order chi connectivity index (χ0) is 29.4. The van der Waals surface area contributed by atoms with Crippen LogP contribution in [-0.2, 0) is 5.41 Å². The van der Waals surface area contributed by atoms with Gasteiger partial charge < -0.3 is 4.42 Å². The summed E-state index contributed by atoms with van der Waals surface area (Å²) in [6.45, 7) is 6.85. The molecule has 0 atom stereocenters. The lowest BCUT2D eigenvalue weighted by atomic mass is 9.80. The molecule has 6 aromatic carbocycles. The molecule has 0 spiro atoms. The molecule has 1 heterocycles. The topological polar surface area (TPSA) is 13.1 Å². The summed E-state index contributed by atoms with van der Waals surface area (Å²) in [5.74, 6) is 1.79. The quantitative estimate of drug-likeness (QED) is 0.206. The molecule has 1 heteroatoms. The Hall–Kier alpha value is -5.14. The molecule has 0 saturated carbocycles. The van der Waals surface area contributed by atoms with E-state index in [4.69, 9.17) is 4.42 Å². The first-order chi connectivity index (χ1) is 21.0. The number of furan rings is 1. The van der Waals surface area contributed by atoms with Crippen LogP contribution < -0.4 is 0 Å². The Morgan fingerprint density at radius 1 is 0.395 bits per heavy atom. The molecule has 43 heavy (non-hydrogen) atoms. The predicted molar refractivity (Wildman–Crippen MR) is 182 cm³/mol. The van der Waals surface area contributed by atoms with Crippen LogP contribution in [0.4, 0.5) is 0 Å². The van der Waals surface area contributed by atoms with E-state index in [1.54, 1.807) is 0 Å². The molecule has 0 N–H and O–H groups in total. The zero-order valence-electron chi connectivity index (χ0n) is 24.8. The van der Waals surface area contributed by atoms with E-state index in [2.05, 4.69) is 172 Å². The van der Waals surface area contributed by atoms with E-state index >= 15 is 0 Å². The summed E-state index contributed by atoms with van der Waals surface area (Å²) in [6.07, 6.45) is 0. The van der Waals surface area contributed by atoms with Gasteiger partial charge in [-0.05, 0) is 56.5 Å². The fourth-order valence-electron chi connectivity index (χ4n) is 5.95. The lowest BCUT2D eigenvalue weighted by Gasteiger charge is -2.24. The first-order valence-electron chi connectivity index (χ1n) is 14.9. The average molecular weight is 555 g/mol. The third-order valence-electron chi connectivity index (χ3n) is 8.28. The molecule has 7 rings (SSSR count). The summed E-state index contributed by atoms with van der Waals surface area (Å²) in [5.41, 5.74) is 10.6. The van der Waals surface area contributed by atoms with Crippen LogP contribution in [0.2, 0.25) is 0 Å². The average Bonchev–Trinajstić information content (AvgIpc) is 3.44. The van der Waals surface area contributed by atoms with Gasteiger partial charge in [0, 0.05) is 21.9 Å². The van der Waals surface area contributed by atoms with Crippen LogP contribution in [0.3, 0.4) is 0 Å². The van der Waals surface area contributed by atoms with Crippen molar-refractivity contribution in [3.8, 4) is 56.0 Å². The molecule has 0 aliphatic rings. The normalized spacial score (nSPS) is 11.6. The van der Waals surface area contributed by atoms with Crippen molar-refractivity contribution in [2.75, 3.05) is 0 Å². The predicted octanol–water partition coefficient (Wildman–Crippen LogP) is 12.1. The molecule has 0 aliphatic heterocycles. The van der Waals surface area contributed by atoms with Crippen molar-refractivity contribution in [2.45, 2.75) is 26.2 Å². The molecular formula is C42H34O. The summed E-state index contributed by atoms with van der Waals surface area (Å²) in [4.78, 5) is 0.